The summed E-state index contributed by atoms with van der Waals surface area (Å²) in [6, 6.07) is 1.25. The summed E-state index contributed by atoms with van der Waals surface area (Å²) in [7, 11) is 0. The van der Waals surface area contributed by atoms with E-state index in [0.717, 1.165) is 6.20 Å². The van der Waals surface area contributed by atoms with Gasteiger partial charge in [0.2, 0.25) is 0 Å². The molecule has 0 unspecified atom stereocenters. The molecule has 0 saturated carbocycles. The van der Waals surface area contributed by atoms with Crippen LogP contribution in [0.3, 0.4) is 0 Å². The standard InChI is InChI=1S/C8H10F2N4O2/c9-8(10,4-11)5-13-6-1-2-12-3-7(6)14(15)16/h1-3H,4-5,11H2,(H,12,13). The zero-order valence-electron chi connectivity index (χ0n) is 8.19. The molecule has 3 N–H and O–H groups in total. The fraction of sp³-hybridized carbons (Fsp3) is 0.375. The lowest BCUT2D eigenvalue weighted by Gasteiger charge is -2.15. The molecule has 88 valence electrons. The molecule has 0 spiro atoms. The SMILES string of the molecule is NCC(F)(F)CNc1ccncc1[N+](=O)[O-]. The van der Waals surface area contributed by atoms with Crippen molar-refractivity contribution in [1.82, 2.24) is 4.98 Å². The number of nitrogens with one attached hydrogen (secondary N) is 1. The molecule has 0 radical (unpaired) electrons. The van der Waals surface area contributed by atoms with Gasteiger partial charge >= 0.3 is 5.69 Å². The van der Waals surface area contributed by atoms with Gasteiger partial charge in [-0.2, -0.15) is 0 Å². The smallest absolute Gasteiger partial charge is 0.310 e. The van der Waals surface area contributed by atoms with Crippen LogP contribution in [0.25, 0.3) is 0 Å². The number of alkyl halides is 2. The molecule has 1 heterocycles. The van der Waals surface area contributed by atoms with Crippen molar-refractivity contribution in [3.05, 3.63) is 28.6 Å². The van der Waals surface area contributed by atoms with Crippen molar-refractivity contribution in [3.8, 4) is 0 Å². The van der Waals surface area contributed by atoms with E-state index in [4.69, 9.17) is 5.73 Å². The number of nitrogens with two attached hydrogens (primary N) is 1. The molecular weight excluding hydrogens is 222 g/mol. The maximum absolute atomic E-state index is 12.8. The lowest BCUT2D eigenvalue weighted by Crippen LogP contribution is -2.35. The molecule has 0 aromatic carbocycles. The third-order valence-electron chi connectivity index (χ3n) is 1.83. The average Bonchev–Trinajstić information content (AvgIpc) is 2.27. The third-order valence-corrected chi connectivity index (χ3v) is 1.83. The molecule has 0 aliphatic carbocycles. The van der Waals surface area contributed by atoms with E-state index in [1.165, 1.54) is 12.3 Å². The van der Waals surface area contributed by atoms with Gasteiger partial charge in [0.05, 0.1) is 18.0 Å². The quantitative estimate of drug-likeness (QED) is 0.583. The summed E-state index contributed by atoms with van der Waals surface area (Å²) in [5.41, 5.74) is 4.47. The molecule has 0 amide bonds. The van der Waals surface area contributed by atoms with E-state index in [-0.39, 0.29) is 11.4 Å². The van der Waals surface area contributed by atoms with Gasteiger partial charge in [0, 0.05) is 6.20 Å². The summed E-state index contributed by atoms with van der Waals surface area (Å²) in [5.74, 6) is -3.10. The largest absolute Gasteiger partial charge is 0.373 e. The fourth-order valence-electron chi connectivity index (χ4n) is 0.978. The van der Waals surface area contributed by atoms with Gasteiger partial charge in [-0.1, -0.05) is 0 Å². The van der Waals surface area contributed by atoms with Gasteiger partial charge in [-0.05, 0) is 6.07 Å². The predicted octanol–water partition coefficient (Wildman–Crippen LogP) is 0.996. The topological polar surface area (TPSA) is 94.1 Å². The normalized spacial score (nSPS) is 11.2. The summed E-state index contributed by atoms with van der Waals surface area (Å²) in [6.07, 6.45) is 2.26. The van der Waals surface area contributed by atoms with Crippen LogP contribution in [0.5, 0.6) is 0 Å². The Morgan fingerprint density at radius 3 is 2.88 bits per heavy atom. The molecule has 0 atom stereocenters. The van der Waals surface area contributed by atoms with Crippen LogP contribution in [0.15, 0.2) is 18.5 Å². The first kappa shape index (κ1) is 12.2. The Balaban J connectivity index is 2.78. The lowest BCUT2D eigenvalue weighted by molar-refractivity contribution is -0.384. The predicted molar refractivity (Wildman–Crippen MR) is 53.4 cm³/mol. The van der Waals surface area contributed by atoms with Crippen LogP contribution in [0.4, 0.5) is 20.2 Å². The van der Waals surface area contributed by atoms with E-state index < -0.39 is 23.9 Å². The van der Waals surface area contributed by atoms with E-state index >= 15 is 0 Å². The number of rotatable bonds is 5. The number of aromatic nitrogens is 1. The van der Waals surface area contributed by atoms with Crippen LogP contribution in [-0.4, -0.2) is 28.9 Å². The minimum atomic E-state index is -3.10. The Kier molecular flexibility index (Phi) is 3.67. The Morgan fingerprint density at radius 1 is 1.62 bits per heavy atom. The van der Waals surface area contributed by atoms with Gasteiger partial charge in [-0.3, -0.25) is 15.1 Å². The van der Waals surface area contributed by atoms with Crippen LogP contribution in [0, 0.1) is 10.1 Å². The molecule has 1 aromatic rings. The zero-order valence-corrected chi connectivity index (χ0v) is 8.19. The van der Waals surface area contributed by atoms with Crippen molar-refractivity contribution in [3.63, 3.8) is 0 Å². The van der Waals surface area contributed by atoms with Gasteiger partial charge in [0.25, 0.3) is 5.92 Å². The van der Waals surface area contributed by atoms with Crippen LogP contribution in [-0.2, 0) is 0 Å². The Labute approximate surface area is 89.6 Å². The van der Waals surface area contributed by atoms with Gasteiger partial charge in [-0.15, -0.1) is 0 Å². The second-order valence-electron chi connectivity index (χ2n) is 3.06. The van der Waals surface area contributed by atoms with E-state index in [0.29, 0.717) is 0 Å². The fourth-order valence-corrected chi connectivity index (χ4v) is 0.978. The van der Waals surface area contributed by atoms with Crippen LogP contribution >= 0.6 is 0 Å². The van der Waals surface area contributed by atoms with Gasteiger partial charge < -0.3 is 11.1 Å². The number of hydrogen-bond acceptors (Lipinski definition) is 5. The summed E-state index contributed by atoms with van der Waals surface area (Å²) in [6.45, 7) is -1.58. The molecule has 1 aromatic heterocycles. The van der Waals surface area contributed by atoms with Crippen molar-refractivity contribution in [2.45, 2.75) is 5.92 Å². The highest BCUT2D eigenvalue weighted by Gasteiger charge is 2.27. The number of nitrogens with zero attached hydrogens (tertiary/aromatic N) is 2. The summed E-state index contributed by atoms with van der Waals surface area (Å²) < 4.78 is 25.6. The summed E-state index contributed by atoms with van der Waals surface area (Å²) in [4.78, 5) is 13.4. The molecule has 0 aliphatic heterocycles. The van der Waals surface area contributed by atoms with Crippen LogP contribution in [0.1, 0.15) is 0 Å². The Bertz CT molecular complexity index is 386. The summed E-state index contributed by atoms with van der Waals surface area (Å²) in [5, 5.41) is 12.8. The van der Waals surface area contributed by atoms with E-state index in [2.05, 4.69) is 10.3 Å². The van der Waals surface area contributed by atoms with Crippen molar-refractivity contribution in [1.29, 1.82) is 0 Å². The molecule has 1 rings (SSSR count). The molecule has 0 fully saturated rings. The van der Waals surface area contributed by atoms with Crippen LogP contribution in [0.2, 0.25) is 0 Å². The second-order valence-corrected chi connectivity index (χ2v) is 3.06. The molecule has 0 saturated heterocycles. The van der Waals surface area contributed by atoms with Crippen molar-refractivity contribution < 1.29 is 13.7 Å². The second kappa shape index (κ2) is 4.79. The molecule has 0 aliphatic rings. The van der Waals surface area contributed by atoms with Gasteiger partial charge in [-0.25, -0.2) is 8.78 Å². The third kappa shape index (κ3) is 3.09. The summed E-state index contributed by atoms with van der Waals surface area (Å²) >= 11 is 0. The van der Waals surface area contributed by atoms with E-state index in [1.807, 2.05) is 0 Å². The monoisotopic (exact) mass is 232 g/mol. The maximum Gasteiger partial charge on any atom is 0.310 e. The van der Waals surface area contributed by atoms with E-state index in [1.54, 1.807) is 0 Å². The van der Waals surface area contributed by atoms with Crippen molar-refractivity contribution in [2.75, 3.05) is 18.4 Å². The maximum atomic E-state index is 12.8. The number of pyridine rings is 1. The first-order valence-electron chi connectivity index (χ1n) is 4.36. The average molecular weight is 232 g/mol. The number of nitro groups is 1. The molecular formula is C8H10F2N4O2. The molecule has 0 bridgehead atoms. The number of hydrogen-bond donors (Lipinski definition) is 2. The number of anilines is 1. The van der Waals surface area contributed by atoms with Crippen molar-refractivity contribution >= 4 is 11.4 Å². The highest BCUT2D eigenvalue weighted by molar-refractivity contribution is 5.59. The van der Waals surface area contributed by atoms with Crippen molar-refractivity contribution in [2.24, 2.45) is 5.73 Å². The lowest BCUT2D eigenvalue weighted by atomic mass is 10.3. The highest BCUT2D eigenvalue weighted by Crippen LogP contribution is 2.23. The molecule has 6 nitrogen and oxygen atoms in total. The van der Waals surface area contributed by atoms with Crippen LogP contribution < -0.4 is 11.1 Å². The van der Waals surface area contributed by atoms with Gasteiger partial charge in [0.1, 0.15) is 11.9 Å². The molecule has 16 heavy (non-hydrogen) atoms. The minimum Gasteiger partial charge on any atom is -0.373 e. The first-order chi connectivity index (χ1) is 7.46. The zero-order chi connectivity index (χ0) is 12.2. The Hall–Kier alpha value is -1.83. The Morgan fingerprint density at radius 2 is 2.31 bits per heavy atom. The molecule has 8 heteroatoms. The van der Waals surface area contributed by atoms with Gasteiger partial charge in [0.15, 0.2) is 0 Å². The highest BCUT2D eigenvalue weighted by atomic mass is 19.3. The first-order valence-corrected chi connectivity index (χ1v) is 4.36. The van der Waals surface area contributed by atoms with E-state index in [9.17, 15) is 18.9 Å². The number of halogens is 2. The minimum absolute atomic E-state index is 0.00637.